The Labute approximate surface area is 176 Å². The lowest BCUT2D eigenvalue weighted by Gasteiger charge is -2.23. The van der Waals surface area contributed by atoms with Crippen LogP contribution in [-0.4, -0.2) is 27.0 Å². The number of carbonyl (C=O) groups excluding carboxylic acids is 2. The number of amides is 1. The van der Waals surface area contributed by atoms with Gasteiger partial charge in [-0.05, 0) is 41.3 Å². The molecule has 1 N–H and O–H groups in total. The van der Waals surface area contributed by atoms with Gasteiger partial charge in [0, 0.05) is 5.56 Å². The number of carbonyl (C=O) groups is 2. The molecule has 30 heavy (non-hydrogen) atoms. The number of halogens is 1. The summed E-state index contributed by atoms with van der Waals surface area (Å²) in [7, 11) is 0. The van der Waals surface area contributed by atoms with Gasteiger partial charge in [0.25, 0.3) is 5.78 Å². The summed E-state index contributed by atoms with van der Waals surface area (Å²) in [6.07, 6.45) is 0. The molecule has 0 bridgehead atoms. The average molecular weight is 423 g/mol. The van der Waals surface area contributed by atoms with Crippen molar-refractivity contribution >= 4 is 33.9 Å². The van der Waals surface area contributed by atoms with Gasteiger partial charge >= 0.3 is 5.91 Å². The third kappa shape index (κ3) is 3.39. The van der Waals surface area contributed by atoms with Crippen LogP contribution in [0, 0.1) is 5.82 Å². The van der Waals surface area contributed by atoms with Crippen LogP contribution in [0.2, 0.25) is 0 Å². The van der Waals surface area contributed by atoms with Crippen LogP contribution in [0.3, 0.4) is 0 Å². The van der Waals surface area contributed by atoms with Crippen molar-refractivity contribution in [3.8, 4) is 0 Å². The summed E-state index contributed by atoms with van der Waals surface area (Å²) in [5, 5.41) is 18.9. The number of nitrogens with zero attached hydrogens (tertiary/aromatic N) is 3. The molecule has 3 aromatic rings. The number of benzene rings is 2. The quantitative estimate of drug-likeness (QED) is 0.381. The van der Waals surface area contributed by atoms with Crippen LogP contribution in [0.5, 0.6) is 0 Å². The summed E-state index contributed by atoms with van der Waals surface area (Å²) in [4.78, 5) is 27.0. The molecule has 8 heteroatoms. The lowest BCUT2D eigenvalue weighted by molar-refractivity contribution is -0.132. The SMILES string of the molecule is CC(C)c1ccc([C@H]2/C(=C(\O)c3ccc(F)cc3)C(=O)C(=O)N2c2nncs2)cc1. The number of hydrogen-bond donors (Lipinski definition) is 1. The van der Waals surface area contributed by atoms with Gasteiger partial charge in [-0.15, -0.1) is 10.2 Å². The Hall–Kier alpha value is -3.39. The van der Waals surface area contributed by atoms with E-state index in [0.717, 1.165) is 16.9 Å². The van der Waals surface area contributed by atoms with E-state index in [2.05, 4.69) is 24.0 Å². The van der Waals surface area contributed by atoms with Crippen LogP contribution in [0.15, 0.2) is 59.6 Å². The molecule has 1 aliphatic heterocycles. The Morgan fingerprint density at radius 2 is 1.77 bits per heavy atom. The summed E-state index contributed by atoms with van der Waals surface area (Å²) in [5.74, 6) is -2.15. The van der Waals surface area contributed by atoms with E-state index in [0.29, 0.717) is 11.5 Å². The molecule has 1 aromatic heterocycles. The number of rotatable bonds is 4. The van der Waals surface area contributed by atoms with Crippen LogP contribution in [0.4, 0.5) is 9.52 Å². The molecule has 2 heterocycles. The predicted molar refractivity (Wildman–Crippen MR) is 112 cm³/mol. The summed E-state index contributed by atoms with van der Waals surface area (Å²) < 4.78 is 13.3. The number of hydrogen-bond acceptors (Lipinski definition) is 6. The largest absolute Gasteiger partial charge is 0.507 e. The normalized spacial score (nSPS) is 18.4. The fourth-order valence-corrected chi connectivity index (χ4v) is 4.03. The highest BCUT2D eigenvalue weighted by atomic mass is 32.1. The molecule has 1 aliphatic rings. The number of aromatic nitrogens is 2. The second-order valence-corrected chi connectivity index (χ2v) is 8.03. The molecule has 0 spiro atoms. The average Bonchev–Trinajstić information content (AvgIpc) is 3.35. The van der Waals surface area contributed by atoms with E-state index in [1.807, 2.05) is 24.3 Å². The van der Waals surface area contributed by atoms with Crippen LogP contribution in [0.25, 0.3) is 5.76 Å². The van der Waals surface area contributed by atoms with Gasteiger partial charge in [-0.2, -0.15) is 0 Å². The minimum atomic E-state index is -0.871. The molecule has 0 unspecified atom stereocenters. The van der Waals surface area contributed by atoms with E-state index < -0.39 is 23.5 Å². The van der Waals surface area contributed by atoms with E-state index >= 15 is 0 Å². The smallest absolute Gasteiger partial charge is 0.301 e. The maximum Gasteiger partial charge on any atom is 0.301 e. The molecule has 2 aromatic carbocycles. The first-order valence-electron chi connectivity index (χ1n) is 9.31. The molecule has 1 amide bonds. The third-order valence-electron chi connectivity index (χ3n) is 5.04. The zero-order valence-corrected chi connectivity index (χ0v) is 17.1. The summed E-state index contributed by atoms with van der Waals surface area (Å²) in [6.45, 7) is 4.13. The van der Waals surface area contributed by atoms with Gasteiger partial charge in [-0.1, -0.05) is 49.4 Å². The van der Waals surface area contributed by atoms with E-state index in [1.165, 1.54) is 34.7 Å². The molecule has 0 radical (unpaired) electrons. The van der Waals surface area contributed by atoms with Crippen LogP contribution >= 0.6 is 11.3 Å². The molecule has 4 rings (SSSR count). The second kappa shape index (κ2) is 7.79. The Bertz CT molecular complexity index is 1120. The molecule has 1 saturated heterocycles. The molecule has 1 atom stereocenters. The van der Waals surface area contributed by atoms with Crippen LogP contribution in [0.1, 0.15) is 42.5 Å². The van der Waals surface area contributed by atoms with Crippen molar-refractivity contribution in [1.29, 1.82) is 0 Å². The van der Waals surface area contributed by atoms with Crippen molar-refractivity contribution < 1.29 is 19.1 Å². The van der Waals surface area contributed by atoms with Crippen molar-refractivity contribution in [3.63, 3.8) is 0 Å². The summed E-state index contributed by atoms with van der Waals surface area (Å²) >= 11 is 1.12. The molecule has 6 nitrogen and oxygen atoms in total. The zero-order valence-electron chi connectivity index (χ0n) is 16.2. The predicted octanol–water partition coefficient (Wildman–Crippen LogP) is 4.43. The monoisotopic (exact) mass is 423 g/mol. The van der Waals surface area contributed by atoms with Crippen molar-refractivity contribution in [3.05, 3.63) is 82.1 Å². The van der Waals surface area contributed by atoms with Crippen molar-refractivity contribution in [2.75, 3.05) is 4.90 Å². The number of aliphatic hydroxyl groups is 1. The highest BCUT2D eigenvalue weighted by Crippen LogP contribution is 2.42. The maximum atomic E-state index is 13.3. The second-order valence-electron chi connectivity index (χ2n) is 7.22. The molecule has 0 saturated carbocycles. The first-order valence-corrected chi connectivity index (χ1v) is 10.2. The molecule has 1 fully saturated rings. The number of ketones is 1. The fraction of sp³-hybridized carbons (Fsp3) is 0.182. The minimum absolute atomic E-state index is 0.0703. The molecule has 0 aliphatic carbocycles. The Kier molecular flexibility index (Phi) is 5.17. The lowest BCUT2D eigenvalue weighted by atomic mass is 9.93. The van der Waals surface area contributed by atoms with Gasteiger partial charge in [0.1, 0.15) is 17.1 Å². The number of Topliss-reactive ketones (excluding diaryl/α,β-unsaturated/α-hetero) is 1. The van der Waals surface area contributed by atoms with Gasteiger partial charge in [-0.25, -0.2) is 4.39 Å². The van der Waals surface area contributed by atoms with Gasteiger partial charge in [0.2, 0.25) is 5.13 Å². The standard InChI is InChI=1S/C22H18FN3O3S/c1-12(2)13-3-5-14(6-4-13)18-17(19(27)15-7-9-16(23)10-8-15)20(28)21(29)26(18)22-25-24-11-30-22/h3-12,18,27H,1-2H3/b19-17+/t18-/m0/s1. The summed E-state index contributed by atoms with van der Waals surface area (Å²) in [6, 6.07) is 11.7. The van der Waals surface area contributed by atoms with E-state index in [1.54, 1.807) is 0 Å². The first kappa shape index (κ1) is 19.9. The minimum Gasteiger partial charge on any atom is -0.507 e. The van der Waals surface area contributed by atoms with E-state index in [4.69, 9.17) is 0 Å². The van der Waals surface area contributed by atoms with Gasteiger partial charge in [0.05, 0.1) is 11.6 Å². The van der Waals surface area contributed by atoms with Crippen LogP contribution < -0.4 is 4.90 Å². The lowest BCUT2D eigenvalue weighted by Crippen LogP contribution is -2.29. The van der Waals surface area contributed by atoms with E-state index in [-0.39, 0.29) is 22.0 Å². The summed E-state index contributed by atoms with van der Waals surface area (Å²) in [5.41, 5.74) is 3.39. The van der Waals surface area contributed by atoms with Crippen LogP contribution in [-0.2, 0) is 9.59 Å². The Morgan fingerprint density at radius 3 is 2.33 bits per heavy atom. The molecular weight excluding hydrogens is 405 g/mol. The molecular formula is C22H18FN3O3S. The molecule has 152 valence electrons. The highest BCUT2D eigenvalue weighted by Gasteiger charge is 2.48. The van der Waals surface area contributed by atoms with Crippen molar-refractivity contribution in [1.82, 2.24) is 10.2 Å². The van der Waals surface area contributed by atoms with Gasteiger partial charge < -0.3 is 5.11 Å². The van der Waals surface area contributed by atoms with Gasteiger partial charge in [0.15, 0.2) is 0 Å². The number of anilines is 1. The topological polar surface area (TPSA) is 83.4 Å². The van der Waals surface area contributed by atoms with Gasteiger partial charge in [-0.3, -0.25) is 14.5 Å². The first-order chi connectivity index (χ1) is 14.4. The third-order valence-corrected chi connectivity index (χ3v) is 5.72. The maximum absolute atomic E-state index is 13.3. The number of aliphatic hydroxyl groups excluding tert-OH is 1. The Balaban J connectivity index is 1.90. The van der Waals surface area contributed by atoms with E-state index in [9.17, 15) is 19.1 Å². The fourth-order valence-electron chi connectivity index (χ4n) is 3.44. The van der Waals surface area contributed by atoms with Crippen molar-refractivity contribution in [2.24, 2.45) is 0 Å². The Morgan fingerprint density at radius 1 is 1.10 bits per heavy atom. The zero-order chi connectivity index (χ0) is 21.4. The highest BCUT2D eigenvalue weighted by molar-refractivity contribution is 7.13. The van der Waals surface area contributed by atoms with Crippen molar-refractivity contribution in [2.45, 2.75) is 25.8 Å².